The molecule has 1 unspecified atom stereocenters. The number of anilines is 1. The van der Waals surface area contributed by atoms with Crippen LogP contribution in [0.2, 0.25) is 5.02 Å². The van der Waals surface area contributed by atoms with Crippen molar-refractivity contribution >= 4 is 23.2 Å². The summed E-state index contributed by atoms with van der Waals surface area (Å²) in [5.41, 5.74) is 2.08. The quantitative estimate of drug-likeness (QED) is 0.925. The Morgan fingerprint density at radius 3 is 3.00 bits per heavy atom. The Balaban J connectivity index is 1.80. The first-order chi connectivity index (χ1) is 11.6. The molecule has 1 N–H and O–H groups in total. The highest BCUT2D eigenvalue weighted by atomic mass is 35.5. The Labute approximate surface area is 144 Å². The van der Waals surface area contributed by atoms with Crippen molar-refractivity contribution in [2.75, 3.05) is 31.6 Å². The van der Waals surface area contributed by atoms with Crippen LogP contribution in [-0.2, 0) is 4.74 Å². The molecular weight excluding hydrogens is 333 g/mol. The van der Waals surface area contributed by atoms with Crippen LogP contribution in [0.15, 0.2) is 36.5 Å². The zero-order valence-corrected chi connectivity index (χ0v) is 13.9. The summed E-state index contributed by atoms with van der Waals surface area (Å²) in [6, 6.07) is 8.22. The van der Waals surface area contributed by atoms with Gasteiger partial charge in [0.1, 0.15) is 17.6 Å². The molecule has 7 heteroatoms. The van der Waals surface area contributed by atoms with Gasteiger partial charge in [0.05, 0.1) is 11.6 Å². The van der Waals surface area contributed by atoms with E-state index < -0.39 is 5.82 Å². The number of benzene rings is 1. The lowest BCUT2D eigenvalue weighted by molar-refractivity contribution is 0.0397. The van der Waals surface area contributed by atoms with Gasteiger partial charge in [0.15, 0.2) is 0 Å². The van der Waals surface area contributed by atoms with Gasteiger partial charge in [-0.25, -0.2) is 4.39 Å². The lowest BCUT2D eigenvalue weighted by Crippen LogP contribution is -2.38. The van der Waals surface area contributed by atoms with Crippen molar-refractivity contribution in [2.45, 2.75) is 6.10 Å². The smallest absolute Gasteiger partial charge is 0.269 e. The molecule has 1 fully saturated rings. The van der Waals surface area contributed by atoms with Gasteiger partial charge in [-0.05, 0) is 29.8 Å². The Morgan fingerprint density at radius 2 is 2.25 bits per heavy atom. The zero-order chi connectivity index (χ0) is 17.1. The van der Waals surface area contributed by atoms with Crippen LogP contribution >= 0.6 is 11.6 Å². The van der Waals surface area contributed by atoms with Crippen LogP contribution in [0.25, 0.3) is 0 Å². The average Bonchev–Trinajstić information content (AvgIpc) is 2.63. The third-order valence-corrected chi connectivity index (χ3v) is 4.24. The fourth-order valence-electron chi connectivity index (χ4n) is 2.67. The van der Waals surface area contributed by atoms with E-state index in [1.54, 1.807) is 31.4 Å². The molecule has 1 aliphatic heterocycles. The number of ether oxygens (including phenoxy) is 1. The number of hydrogen-bond donors (Lipinski definition) is 1. The molecule has 1 aromatic heterocycles. The number of hydrogen-bond acceptors (Lipinski definition) is 4. The fourth-order valence-corrected chi connectivity index (χ4v) is 2.86. The third-order valence-electron chi connectivity index (χ3n) is 3.95. The number of aromatic nitrogens is 1. The normalized spacial score (nSPS) is 17.6. The molecule has 2 aromatic rings. The summed E-state index contributed by atoms with van der Waals surface area (Å²) >= 11 is 5.86. The highest BCUT2D eigenvalue weighted by Gasteiger charge is 2.23. The fraction of sp³-hybridized carbons (Fsp3) is 0.294. The monoisotopic (exact) mass is 349 g/mol. The van der Waals surface area contributed by atoms with E-state index in [2.05, 4.69) is 15.2 Å². The average molecular weight is 350 g/mol. The van der Waals surface area contributed by atoms with E-state index in [0.717, 1.165) is 11.3 Å². The van der Waals surface area contributed by atoms with Crippen molar-refractivity contribution in [3.05, 3.63) is 58.6 Å². The van der Waals surface area contributed by atoms with E-state index in [-0.39, 0.29) is 17.0 Å². The van der Waals surface area contributed by atoms with Gasteiger partial charge in [0.2, 0.25) is 0 Å². The van der Waals surface area contributed by atoms with Gasteiger partial charge in [0, 0.05) is 32.0 Å². The Bertz CT molecular complexity index is 756. The van der Waals surface area contributed by atoms with Gasteiger partial charge < -0.3 is 15.0 Å². The van der Waals surface area contributed by atoms with Gasteiger partial charge in [0.25, 0.3) is 5.91 Å². The summed E-state index contributed by atoms with van der Waals surface area (Å²) in [5, 5.41) is 2.65. The summed E-state index contributed by atoms with van der Waals surface area (Å²) in [7, 11) is 1.57. The number of amides is 1. The molecule has 1 amide bonds. The maximum Gasteiger partial charge on any atom is 0.269 e. The molecular formula is C17H17ClFN3O2. The molecule has 3 rings (SSSR count). The van der Waals surface area contributed by atoms with Crippen molar-refractivity contribution in [3.8, 4) is 0 Å². The Hall–Kier alpha value is -2.18. The molecule has 1 saturated heterocycles. The van der Waals surface area contributed by atoms with E-state index in [1.807, 2.05) is 6.07 Å². The van der Waals surface area contributed by atoms with Crippen molar-refractivity contribution < 1.29 is 13.9 Å². The molecule has 1 atom stereocenters. The first kappa shape index (κ1) is 16.7. The summed E-state index contributed by atoms with van der Waals surface area (Å²) in [5.74, 6) is -0.676. The SMILES string of the molecule is CNC(=O)c1cc(N2CCOC(c3ccc(F)c(Cl)c3)C2)ccn1. The maximum atomic E-state index is 13.3. The largest absolute Gasteiger partial charge is 0.370 e. The maximum absolute atomic E-state index is 13.3. The molecule has 2 heterocycles. The predicted octanol–water partition coefficient (Wildman–Crippen LogP) is 2.81. The minimum absolute atomic E-state index is 0.0824. The minimum Gasteiger partial charge on any atom is -0.370 e. The van der Waals surface area contributed by atoms with Crippen molar-refractivity contribution in [1.82, 2.24) is 10.3 Å². The molecule has 0 saturated carbocycles. The Kier molecular flexibility index (Phi) is 4.97. The molecule has 24 heavy (non-hydrogen) atoms. The van der Waals surface area contributed by atoms with Gasteiger partial charge in [-0.3, -0.25) is 9.78 Å². The highest BCUT2D eigenvalue weighted by molar-refractivity contribution is 6.30. The summed E-state index contributed by atoms with van der Waals surface area (Å²) in [6.45, 7) is 1.80. The van der Waals surface area contributed by atoms with Crippen LogP contribution in [0, 0.1) is 5.82 Å². The number of halogens is 2. The third kappa shape index (κ3) is 3.49. The van der Waals surface area contributed by atoms with E-state index >= 15 is 0 Å². The predicted molar refractivity (Wildman–Crippen MR) is 89.9 cm³/mol. The van der Waals surface area contributed by atoms with Gasteiger partial charge in [-0.1, -0.05) is 17.7 Å². The van der Waals surface area contributed by atoms with E-state index in [4.69, 9.17) is 16.3 Å². The topological polar surface area (TPSA) is 54.5 Å². The van der Waals surface area contributed by atoms with E-state index in [9.17, 15) is 9.18 Å². The number of morpholine rings is 1. The number of pyridine rings is 1. The van der Waals surface area contributed by atoms with Crippen LogP contribution < -0.4 is 10.2 Å². The molecule has 0 aliphatic carbocycles. The molecule has 0 radical (unpaired) electrons. The molecule has 5 nitrogen and oxygen atoms in total. The van der Waals surface area contributed by atoms with Crippen LogP contribution in [0.4, 0.5) is 10.1 Å². The number of nitrogens with one attached hydrogen (secondary N) is 1. The van der Waals surface area contributed by atoms with Crippen molar-refractivity contribution in [2.24, 2.45) is 0 Å². The lowest BCUT2D eigenvalue weighted by atomic mass is 10.1. The zero-order valence-electron chi connectivity index (χ0n) is 13.1. The summed E-state index contributed by atoms with van der Waals surface area (Å²) in [4.78, 5) is 17.9. The summed E-state index contributed by atoms with van der Waals surface area (Å²) in [6.07, 6.45) is 1.40. The lowest BCUT2D eigenvalue weighted by Gasteiger charge is -2.35. The van der Waals surface area contributed by atoms with Crippen molar-refractivity contribution in [3.63, 3.8) is 0 Å². The molecule has 0 bridgehead atoms. The molecule has 126 valence electrons. The first-order valence-electron chi connectivity index (χ1n) is 7.58. The second-order valence-electron chi connectivity index (χ2n) is 5.46. The van der Waals surface area contributed by atoms with Crippen LogP contribution in [0.5, 0.6) is 0 Å². The van der Waals surface area contributed by atoms with Gasteiger partial charge >= 0.3 is 0 Å². The second kappa shape index (κ2) is 7.15. The first-order valence-corrected chi connectivity index (χ1v) is 7.96. The van der Waals surface area contributed by atoms with Crippen LogP contribution in [0.1, 0.15) is 22.2 Å². The van der Waals surface area contributed by atoms with Gasteiger partial charge in [-0.2, -0.15) is 0 Å². The molecule has 1 aromatic carbocycles. The van der Waals surface area contributed by atoms with Crippen molar-refractivity contribution in [1.29, 1.82) is 0 Å². The van der Waals surface area contributed by atoms with Crippen LogP contribution in [-0.4, -0.2) is 37.6 Å². The van der Waals surface area contributed by atoms with E-state index in [0.29, 0.717) is 25.4 Å². The van der Waals surface area contributed by atoms with Crippen LogP contribution in [0.3, 0.4) is 0 Å². The number of carbonyl (C=O) groups is 1. The molecule has 0 spiro atoms. The standard InChI is InChI=1S/C17H17ClFN3O2/c1-20-17(23)15-9-12(4-5-21-15)22-6-7-24-16(10-22)11-2-3-14(19)13(18)8-11/h2-5,8-9,16H,6-7,10H2,1H3,(H,20,23). The highest BCUT2D eigenvalue weighted by Crippen LogP contribution is 2.28. The number of nitrogens with zero attached hydrogens (tertiary/aromatic N) is 2. The molecule has 1 aliphatic rings. The second-order valence-corrected chi connectivity index (χ2v) is 5.86. The Morgan fingerprint density at radius 1 is 1.42 bits per heavy atom. The minimum atomic E-state index is -0.447. The summed E-state index contributed by atoms with van der Waals surface area (Å²) < 4.78 is 19.1. The van der Waals surface area contributed by atoms with E-state index in [1.165, 1.54) is 6.07 Å². The van der Waals surface area contributed by atoms with Gasteiger partial charge in [-0.15, -0.1) is 0 Å². The number of carbonyl (C=O) groups excluding carboxylic acids is 1. The number of rotatable bonds is 3.